The molecular formula is C19H24ClIN6OS. The highest BCUT2D eigenvalue weighted by atomic mass is 127. The van der Waals surface area contributed by atoms with Gasteiger partial charge in [-0.2, -0.15) is 4.98 Å². The second kappa shape index (κ2) is 11.5. The Morgan fingerprint density at radius 1 is 1.28 bits per heavy atom. The van der Waals surface area contributed by atoms with Crippen molar-refractivity contribution in [3.05, 3.63) is 51.3 Å². The molecule has 0 unspecified atom stereocenters. The second-order valence-corrected chi connectivity index (χ2v) is 7.77. The third-order valence-electron chi connectivity index (χ3n) is 3.84. The van der Waals surface area contributed by atoms with Crippen LogP contribution in [0.15, 0.2) is 39.2 Å². The van der Waals surface area contributed by atoms with Crippen LogP contribution in [-0.4, -0.2) is 27.6 Å². The number of guanidine groups is 1. The van der Waals surface area contributed by atoms with Gasteiger partial charge in [-0.15, -0.1) is 35.3 Å². The summed E-state index contributed by atoms with van der Waals surface area (Å²) in [5.74, 6) is 2.03. The smallest absolute Gasteiger partial charge is 0.248 e. The van der Waals surface area contributed by atoms with Gasteiger partial charge in [0.25, 0.3) is 0 Å². The van der Waals surface area contributed by atoms with E-state index >= 15 is 0 Å². The number of benzene rings is 1. The number of hydrogen-bond acceptors (Lipinski definition) is 6. The van der Waals surface area contributed by atoms with Crippen molar-refractivity contribution in [1.82, 2.24) is 25.8 Å². The van der Waals surface area contributed by atoms with Gasteiger partial charge in [-0.05, 0) is 25.0 Å². The first-order valence-electron chi connectivity index (χ1n) is 9.10. The van der Waals surface area contributed by atoms with Crippen LogP contribution in [0.3, 0.4) is 0 Å². The number of nitrogens with one attached hydrogen (secondary N) is 2. The number of aromatic nitrogens is 3. The summed E-state index contributed by atoms with van der Waals surface area (Å²) in [6, 6.07) is 7.33. The molecule has 156 valence electrons. The van der Waals surface area contributed by atoms with Gasteiger partial charge in [0, 0.05) is 22.5 Å². The summed E-state index contributed by atoms with van der Waals surface area (Å²) >= 11 is 7.66. The first-order valence-corrected chi connectivity index (χ1v) is 10.4. The molecule has 1 aromatic carbocycles. The highest BCUT2D eigenvalue weighted by molar-refractivity contribution is 14.0. The maximum absolute atomic E-state index is 6.01. The molecule has 2 aromatic heterocycles. The molecule has 0 fully saturated rings. The van der Waals surface area contributed by atoms with E-state index in [4.69, 9.17) is 16.1 Å². The van der Waals surface area contributed by atoms with Gasteiger partial charge >= 0.3 is 0 Å². The zero-order valence-electron chi connectivity index (χ0n) is 16.5. The summed E-state index contributed by atoms with van der Waals surface area (Å²) in [7, 11) is 0. The summed E-state index contributed by atoms with van der Waals surface area (Å²) in [6.45, 7) is 7.93. The van der Waals surface area contributed by atoms with Crippen molar-refractivity contribution >= 4 is 52.9 Å². The van der Waals surface area contributed by atoms with Gasteiger partial charge in [-0.3, -0.25) is 0 Å². The van der Waals surface area contributed by atoms with Crippen LogP contribution in [0, 0.1) is 0 Å². The van der Waals surface area contributed by atoms with Crippen LogP contribution in [0.25, 0.3) is 11.4 Å². The number of hydrogen-bond donors (Lipinski definition) is 2. The molecule has 7 nitrogen and oxygen atoms in total. The number of nitrogens with zero attached hydrogens (tertiary/aromatic N) is 4. The molecule has 0 atom stereocenters. The van der Waals surface area contributed by atoms with E-state index in [0.29, 0.717) is 35.2 Å². The van der Waals surface area contributed by atoms with E-state index in [1.54, 1.807) is 23.5 Å². The van der Waals surface area contributed by atoms with Gasteiger partial charge in [0.2, 0.25) is 11.7 Å². The molecule has 0 spiro atoms. The average molecular weight is 547 g/mol. The Bertz CT molecular complexity index is 942. The Hall–Kier alpha value is -1.72. The summed E-state index contributed by atoms with van der Waals surface area (Å²) in [4.78, 5) is 13.5. The third kappa shape index (κ3) is 6.93. The van der Waals surface area contributed by atoms with Crippen molar-refractivity contribution < 1.29 is 4.52 Å². The van der Waals surface area contributed by atoms with Gasteiger partial charge < -0.3 is 15.2 Å². The highest BCUT2D eigenvalue weighted by Gasteiger charge is 2.10. The highest BCUT2D eigenvalue weighted by Crippen LogP contribution is 2.20. The van der Waals surface area contributed by atoms with E-state index in [0.717, 1.165) is 22.8 Å². The molecule has 3 rings (SSSR count). The van der Waals surface area contributed by atoms with E-state index in [9.17, 15) is 0 Å². The molecular weight excluding hydrogens is 523 g/mol. The van der Waals surface area contributed by atoms with Crippen LogP contribution < -0.4 is 10.6 Å². The molecule has 0 saturated carbocycles. The number of aliphatic imine (C=N–C) groups is 1. The van der Waals surface area contributed by atoms with E-state index in [1.807, 2.05) is 19.1 Å². The van der Waals surface area contributed by atoms with Crippen molar-refractivity contribution in [3.63, 3.8) is 0 Å². The molecule has 10 heteroatoms. The van der Waals surface area contributed by atoms with Crippen molar-refractivity contribution in [3.8, 4) is 11.4 Å². The zero-order chi connectivity index (χ0) is 19.9. The molecule has 0 bridgehead atoms. The largest absolute Gasteiger partial charge is 0.357 e. The third-order valence-corrected chi connectivity index (χ3v) is 4.94. The van der Waals surface area contributed by atoms with Crippen LogP contribution >= 0.6 is 46.9 Å². The molecule has 0 aliphatic carbocycles. The Balaban J connectivity index is 0.00000300. The van der Waals surface area contributed by atoms with Crippen LogP contribution in [0.4, 0.5) is 0 Å². The molecule has 3 aromatic rings. The first kappa shape index (κ1) is 23.6. The van der Waals surface area contributed by atoms with E-state index in [1.165, 1.54) is 0 Å². The minimum Gasteiger partial charge on any atom is -0.357 e. The number of rotatable bonds is 7. The Morgan fingerprint density at radius 2 is 2.10 bits per heavy atom. The predicted octanol–water partition coefficient (Wildman–Crippen LogP) is 4.84. The Morgan fingerprint density at radius 3 is 2.79 bits per heavy atom. The fourth-order valence-corrected chi connectivity index (χ4v) is 3.47. The zero-order valence-corrected chi connectivity index (χ0v) is 20.4. The molecule has 29 heavy (non-hydrogen) atoms. The molecule has 0 amide bonds. The summed E-state index contributed by atoms with van der Waals surface area (Å²) in [6.07, 6.45) is 0. The summed E-state index contributed by atoms with van der Waals surface area (Å²) in [5, 5.41) is 14.2. The molecule has 2 heterocycles. The maximum atomic E-state index is 6.01. The molecule has 0 aliphatic heterocycles. The number of thiazole rings is 1. The maximum Gasteiger partial charge on any atom is 0.248 e. The van der Waals surface area contributed by atoms with Crippen molar-refractivity contribution in [1.29, 1.82) is 0 Å². The van der Waals surface area contributed by atoms with Gasteiger partial charge in [-0.25, -0.2) is 9.98 Å². The normalized spacial score (nSPS) is 11.4. The SMILES string of the molecule is CCNC(=NCc1nc(-c2cccc(Cl)c2)no1)NCc1nc(C(C)C)cs1.I. The lowest BCUT2D eigenvalue weighted by Gasteiger charge is -2.09. The fraction of sp³-hybridized carbons (Fsp3) is 0.368. The van der Waals surface area contributed by atoms with Gasteiger partial charge in [0.05, 0.1) is 12.2 Å². The Kier molecular flexibility index (Phi) is 9.31. The molecule has 0 aliphatic rings. The quantitative estimate of drug-likeness (QED) is 0.250. The van der Waals surface area contributed by atoms with E-state index in [-0.39, 0.29) is 30.5 Å². The topological polar surface area (TPSA) is 88.2 Å². The van der Waals surface area contributed by atoms with Crippen LogP contribution in [-0.2, 0) is 13.1 Å². The standard InChI is InChI=1S/C19H23ClN6OS.HI/c1-4-21-19(23-10-17-24-15(11-28-17)12(2)3)22-9-16-25-18(26-27-16)13-6-5-7-14(20)8-13;/h5-8,11-12H,4,9-10H2,1-3H3,(H2,21,22,23);1H. The predicted molar refractivity (Wildman–Crippen MR) is 128 cm³/mol. The summed E-state index contributed by atoms with van der Waals surface area (Å²) < 4.78 is 5.30. The van der Waals surface area contributed by atoms with Gasteiger partial charge in [-0.1, -0.05) is 42.7 Å². The van der Waals surface area contributed by atoms with Crippen molar-refractivity contribution in [2.75, 3.05) is 6.54 Å². The lowest BCUT2D eigenvalue weighted by Crippen LogP contribution is -2.36. The van der Waals surface area contributed by atoms with Crippen LogP contribution in [0.5, 0.6) is 0 Å². The molecule has 2 N–H and O–H groups in total. The van der Waals surface area contributed by atoms with Crippen LogP contribution in [0.1, 0.15) is 43.3 Å². The van der Waals surface area contributed by atoms with Gasteiger partial charge in [0.15, 0.2) is 5.96 Å². The molecule has 0 radical (unpaired) electrons. The van der Waals surface area contributed by atoms with Gasteiger partial charge in [0.1, 0.15) is 11.6 Å². The minimum atomic E-state index is 0. The fourth-order valence-electron chi connectivity index (χ4n) is 2.38. The average Bonchev–Trinajstić information content (AvgIpc) is 3.34. The van der Waals surface area contributed by atoms with E-state index in [2.05, 4.69) is 50.0 Å². The lowest BCUT2D eigenvalue weighted by atomic mass is 10.2. The van der Waals surface area contributed by atoms with E-state index < -0.39 is 0 Å². The second-order valence-electron chi connectivity index (χ2n) is 6.39. The van der Waals surface area contributed by atoms with Crippen molar-refractivity contribution in [2.24, 2.45) is 4.99 Å². The Labute approximate surface area is 196 Å². The first-order chi connectivity index (χ1) is 13.5. The lowest BCUT2D eigenvalue weighted by molar-refractivity contribution is 0.380. The molecule has 0 saturated heterocycles. The monoisotopic (exact) mass is 546 g/mol. The minimum absolute atomic E-state index is 0. The summed E-state index contributed by atoms with van der Waals surface area (Å²) in [5.41, 5.74) is 1.92. The van der Waals surface area contributed by atoms with Crippen LogP contribution in [0.2, 0.25) is 5.02 Å². The van der Waals surface area contributed by atoms with Crippen molar-refractivity contribution in [2.45, 2.75) is 39.8 Å². The number of halogens is 2.